The third kappa shape index (κ3) is 7.31. The van der Waals surface area contributed by atoms with E-state index in [0.29, 0.717) is 24.4 Å². The van der Waals surface area contributed by atoms with Gasteiger partial charge in [-0.1, -0.05) is 35.8 Å². The minimum Gasteiger partial charge on any atom is -0.396 e. The van der Waals surface area contributed by atoms with Crippen molar-refractivity contribution in [1.82, 2.24) is 4.98 Å². The minimum absolute atomic E-state index is 0.0467. The molecule has 0 spiro atoms. The Hall–Kier alpha value is -1.53. The van der Waals surface area contributed by atoms with Crippen LogP contribution in [0.15, 0.2) is 23.2 Å². The summed E-state index contributed by atoms with van der Waals surface area (Å²) >= 11 is 6.61. The van der Waals surface area contributed by atoms with E-state index in [9.17, 15) is 22.3 Å². The number of nitrogens with zero attached hydrogens (tertiary/aromatic N) is 1. The van der Waals surface area contributed by atoms with Crippen LogP contribution in [-0.4, -0.2) is 38.2 Å². The molecule has 5 N–H and O–H groups in total. The molecule has 0 saturated heterocycles. The second-order valence-corrected chi connectivity index (χ2v) is 9.78. The van der Waals surface area contributed by atoms with Crippen molar-refractivity contribution in [1.29, 1.82) is 0 Å². The normalized spacial score (nSPS) is 12.7. The van der Waals surface area contributed by atoms with Gasteiger partial charge in [-0.25, -0.2) is 17.8 Å². The van der Waals surface area contributed by atoms with Gasteiger partial charge < -0.3 is 16.2 Å². The number of hydrogen-bond acceptors (Lipinski definition) is 7. The quantitative estimate of drug-likeness (QED) is 0.322. The van der Waals surface area contributed by atoms with E-state index in [1.807, 2.05) is 4.72 Å². The van der Waals surface area contributed by atoms with Gasteiger partial charge in [-0.3, -0.25) is 4.72 Å². The number of aliphatic hydroxyl groups is 1. The molecule has 0 aliphatic carbocycles. The van der Waals surface area contributed by atoms with Crippen LogP contribution in [0.5, 0.6) is 0 Å². The highest BCUT2D eigenvalue weighted by Gasteiger charge is 2.23. The van der Waals surface area contributed by atoms with Gasteiger partial charge in [0.15, 0.2) is 10.3 Å². The summed E-state index contributed by atoms with van der Waals surface area (Å²) in [7, 11) is -4.30. The largest absolute Gasteiger partial charge is 0.396 e. The standard InChI is InChI=1S/C18H25ClF2N4O3S2/c19-13-8-16(30(27,28)25-18-24-10-17(21)29-18)14(20)9-15(13)23-7-3-1-2-4-12(11-26)5-6-22/h8-10,12,23,26H,1-7,11,22H2,(H,24,25)/t12-/m0/s1. The summed E-state index contributed by atoms with van der Waals surface area (Å²) in [5, 5.41) is 11.4. The maximum Gasteiger partial charge on any atom is 0.266 e. The van der Waals surface area contributed by atoms with Gasteiger partial charge in [0.25, 0.3) is 10.0 Å². The molecule has 0 unspecified atom stereocenters. The van der Waals surface area contributed by atoms with Crippen molar-refractivity contribution in [3.05, 3.63) is 34.3 Å². The average molecular weight is 483 g/mol. The molecule has 12 heteroatoms. The van der Waals surface area contributed by atoms with Crippen molar-refractivity contribution < 1.29 is 22.3 Å². The Morgan fingerprint density at radius 3 is 2.63 bits per heavy atom. The summed E-state index contributed by atoms with van der Waals surface area (Å²) in [5.41, 5.74) is 5.78. The number of aromatic nitrogens is 1. The van der Waals surface area contributed by atoms with E-state index in [1.54, 1.807) is 0 Å². The molecule has 30 heavy (non-hydrogen) atoms. The number of thiazole rings is 1. The number of sulfonamides is 1. The van der Waals surface area contributed by atoms with Crippen LogP contribution >= 0.6 is 22.9 Å². The Kier molecular flexibility index (Phi) is 9.69. The second-order valence-electron chi connectivity index (χ2n) is 6.74. The SMILES string of the molecule is NCC[C@@H](CO)CCCCCNc1cc(F)c(S(=O)(=O)Nc2ncc(F)s2)cc1Cl. The number of unbranched alkanes of at least 4 members (excludes halogenated alkanes) is 2. The fourth-order valence-corrected chi connectivity index (χ4v) is 5.03. The third-order valence-corrected chi connectivity index (χ3v) is 6.95. The molecule has 0 amide bonds. The zero-order chi connectivity index (χ0) is 22.1. The molecule has 1 atom stereocenters. The molecule has 0 radical (unpaired) electrons. The molecular formula is C18H25ClF2N4O3S2. The average Bonchev–Trinajstić information content (AvgIpc) is 3.09. The van der Waals surface area contributed by atoms with E-state index in [2.05, 4.69) is 10.3 Å². The van der Waals surface area contributed by atoms with Crippen molar-refractivity contribution in [3.63, 3.8) is 0 Å². The molecule has 1 heterocycles. The van der Waals surface area contributed by atoms with Crippen molar-refractivity contribution in [2.24, 2.45) is 11.7 Å². The highest BCUT2D eigenvalue weighted by atomic mass is 35.5. The van der Waals surface area contributed by atoms with E-state index in [-0.39, 0.29) is 28.4 Å². The lowest BCUT2D eigenvalue weighted by atomic mass is 9.99. The highest BCUT2D eigenvalue weighted by Crippen LogP contribution is 2.30. The zero-order valence-electron chi connectivity index (χ0n) is 16.2. The molecule has 2 aromatic rings. The van der Waals surface area contributed by atoms with Gasteiger partial charge in [0.2, 0.25) is 0 Å². The summed E-state index contributed by atoms with van der Waals surface area (Å²) < 4.78 is 54.1. The Morgan fingerprint density at radius 1 is 1.23 bits per heavy atom. The zero-order valence-corrected chi connectivity index (χ0v) is 18.6. The van der Waals surface area contributed by atoms with Crippen LogP contribution in [0.4, 0.5) is 19.6 Å². The number of nitrogens with two attached hydrogens (primary N) is 1. The number of aliphatic hydroxyl groups excluding tert-OH is 1. The van der Waals surface area contributed by atoms with Crippen LogP contribution < -0.4 is 15.8 Å². The van der Waals surface area contributed by atoms with E-state index >= 15 is 0 Å². The molecule has 0 saturated carbocycles. The number of nitrogens with one attached hydrogen (secondary N) is 2. The van der Waals surface area contributed by atoms with Crippen molar-refractivity contribution in [2.45, 2.75) is 37.0 Å². The predicted octanol–water partition coefficient (Wildman–Crippen LogP) is 3.81. The molecule has 168 valence electrons. The van der Waals surface area contributed by atoms with Crippen LogP contribution in [0.3, 0.4) is 0 Å². The Labute approximate surface area is 183 Å². The first-order chi connectivity index (χ1) is 14.3. The monoisotopic (exact) mass is 482 g/mol. The van der Waals surface area contributed by atoms with Gasteiger partial charge in [0.05, 0.1) is 16.9 Å². The van der Waals surface area contributed by atoms with Crippen LogP contribution in [0.2, 0.25) is 5.02 Å². The molecule has 7 nitrogen and oxygen atoms in total. The fourth-order valence-electron chi connectivity index (χ4n) is 2.86. The van der Waals surface area contributed by atoms with Crippen molar-refractivity contribution in [3.8, 4) is 0 Å². The summed E-state index contributed by atoms with van der Waals surface area (Å²) in [6.45, 7) is 1.22. The molecule has 0 bridgehead atoms. The second kappa shape index (κ2) is 11.8. The van der Waals surface area contributed by atoms with Gasteiger partial charge >= 0.3 is 0 Å². The first kappa shape index (κ1) is 24.7. The molecule has 0 aliphatic rings. The van der Waals surface area contributed by atoms with E-state index in [0.717, 1.165) is 50.4 Å². The summed E-state index contributed by atoms with van der Waals surface area (Å²) in [6.07, 6.45) is 5.21. The Bertz CT molecular complexity index is 928. The fraction of sp³-hybridized carbons (Fsp3) is 0.500. The number of rotatable bonds is 13. The third-order valence-electron chi connectivity index (χ3n) is 4.45. The summed E-state index contributed by atoms with van der Waals surface area (Å²) in [4.78, 5) is 2.90. The number of benzene rings is 1. The molecule has 1 aromatic heterocycles. The molecule has 2 rings (SSSR count). The molecule has 0 aliphatic heterocycles. The lowest BCUT2D eigenvalue weighted by Crippen LogP contribution is -2.15. The molecule has 0 fully saturated rings. The lowest BCUT2D eigenvalue weighted by molar-refractivity contribution is 0.209. The topological polar surface area (TPSA) is 117 Å². The Balaban J connectivity index is 1.90. The first-order valence-electron chi connectivity index (χ1n) is 9.44. The maximum absolute atomic E-state index is 14.4. The van der Waals surface area contributed by atoms with Gasteiger partial charge in [-0.05, 0) is 43.9 Å². The van der Waals surface area contributed by atoms with Gasteiger partial charge in [0, 0.05) is 13.2 Å². The Morgan fingerprint density at radius 2 is 2.00 bits per heavy atom. The minimum atomic E-state index is -4.30. The van der Waals surface area contributed by atoms with Gasteiger partial charge in [0.1, 0.15) is 10.7 Å². The number of hydrogen-bond donors (Lipinski definition) is 4. The summed E-state index contributed by atoms with van der Waals surface area (Å²) in [6, 6.07) is 2.02. The predicted molar refractivity (Wildman–Crippen MR) is 115 cm³/mol. The van der Waals surface area contributed by atoms with E-state index < -0.39 is 25.9 Å². The van der Waals surface area contributed by atoms with Crippen LogP contribution in [0, 0.1) is 16.9 Å². The molecular weight excluding hydrogens is 458 g/mol. The smallest absolute Gasteiger partial charge is 0.266 e. The highest BCUT2D eigenvalue weighted by molar-refractivity contribution is 7.93. The van der Waals surface area contributed by atoms with Gasteiger partial charge in [-0.2, -0.15) is 4.39 Å². The van der Waals surface area contributed by atoms with Crippen LogP contribution in [-0.2, 0) is 10.0 Å². The van der Waals surface area contributed by atoms with Crippen LogP contribution in [0.1, 0.15) is 32.1 Å². The van der Waals surface area contributed by atoms with E-state index in [4.69, 9.17) is 17.3 Å². The lowest BCUT2D eigenvalue weighted by Gasteiger charge is -2.13. The van der Waals surface area contributed by atoms with Gasteiger partial charge in [-0.15, -0.1) is 0 Å². The molecule has 1 aromatic carbocycles. The van der Waals surface area contributed by atoms with Crippen molar-refractivity contribution >= 4 is 43.8 Å². The summed E-state index contributed by atoms with van der Waals surface area (Å²) in [5.74, 6) is -0.769. The van der Waals surface area contributed by atoms with Crippen molar-refractivity contribution in [2.75, 3.05) is 29.7 Å². The van der Waals surface area contributed by atoms with Crippen LogP contribution in [0.25, 0.3) is 0 Å². The maximum atomic E-state index is 14.4. The first-order valence-corrected chi connectivity index (χ1v) is 12.1. The number of halogens is 3. The number of anilines is 2. The van der Waals surface area contributed by atoms with E-state index in [1.165, 1.54) is 0 Å².